The summed E-state index contributed by atoms with van der Waals surface area (Å²) in [7, 11) is 0. The van der Waals surface area contributed by atoms with E-state index in [1.807, 2.05) is 30.3 Å². The zero-order valence-corrected chi connectivity index (χ0v) is 15.9. The Bertz CT molecular complexity index is 596. The smallest absolute Gasteiger partial charge is 1.00 e. The summed E-state index contributed by atoms with van der Waals surface area (Å²) in [5.41, 5.74) is 6.88. The number of primary amides is 1. The van der Waals surface area contributed by atoms with Gasteiger partial charge in [-0.2, -0.15) is 5.06 Å². The predicted molar refractivity (Wildman–Crippen MR) is 80.0 cm³/mol. The fourth-order valence-corrected chi connectivity index (χ4v) is 1.92. The van der Waals surface area contributed by atoms with Crippen molar-refractivity contribution in [2.45, 2.75) is 19.6 Å². The van der Waals surface area contributed by atoms with Crippen molar-refractivity contribution in [1.29, 1.82) is 0 Å². The first-order chi connectivity index (χ1) is 10.1. The molecule has 0 aromatic heterocycles. The van der Waals surface area contributed by atoms with Gasteiger partial charge in [0.25, 0.3) is 0 Å². The first-order valence-electron chi connectivity index (χ1n) is 6.62. The number of hydrogen-bond acceptors (Lipinski definition) is 3. The first kappa shape index (κ1) is 19.2. The van der Waals surface area contributed by atoms with E-state index in [1.165, 1.54) is 0 Å². The normalized spacial score (nSPS) is 11.2. The molecule has 0 aliphatic carbocycles. The molecule has 0 fully saturated rings. The maximum atomic E-state index is 10.9. The van der Waals surface area contributed by atoms with E-state index in [0.717, 1.165) is 16.9 Å². The summed E-state index contributed by atoms with van der Waals surface area (Å²) in [6, 6.07) is 15.6. The van der Waals surface area contributed by atoms with Crippen LogP contribution in [0.2, 0.25) is 0 Å². The molecule has 1 atom stereocenters. The Labute approximate surface area is 173 Å². The van der Waals surface area contributed by atoms with Gasteiger partial charge in [-0.05, 0) is 30.2 Å². The number of ether oxygens (including phenoxy) is 1. The minimum atomic E-state index is -0.882. The zero-order valence-electron chi connectivity index (χ0n) is 13.8. The molecule has 0 radical (unpaired) electrons. The number of rotatable bonds is 5. The molecule has 0 aliphatic heterocycles. The van der Waals surface area contributed by atoms with E-state index in [0.29, 0.717) is 11.7 Å². The Balaban J connectivity index is 0.00000242. The molecule has 112 valence electrons. The molecule has 6 heteroatoms. The van der Waals surface area contributed by atoms with Crippen molar-refractivity contribution in [1.82, 2.24) is 5.06 Å². The van der Waals surface area contributed by atoms with Crippen LogP contribution in [0.4, 0.5) is 4.79 Å². The van der Waals surface area contributed by atoms with Gasteiger partial charge in [-0.3, -0.25) is 5.21 Å². The fraction of sp³-hybridized carbons (Fsp3) is 0.188. The van der Waals surface area contributed by atoms with Crippen molar-refractivity contribution >= 4 is 6.03 Å². The molecular formula is C16H19KN2O3. The maximum Gasteiger partial charge on any atom is 1.00 e. The molecule has 2 amide bonds. The number of hydrogen-bond donors (Lipinski definition) is 2. The van der Waals surface area contributed by atoms with Gasteiger partial charge in [-0.15, -0.1) is 0 Å². The molecule has 0 bridgehead atoms. The topological polar surface area (TPSA) is 75.8 Å². The van der Waals surface area contributed by atoms with Gasteiger partial charge in [-0.25, -0.2) is 4.79 Å². The van der Waals surface area contributed by atoms with E-state index in [4.69, 9.17) is 10.5 Å². The summed E-state index contributed by atoms with van der Waals surface area (Å²) < 4.78 is 5.67. The van der Waals surface area contributed by atoms with Crippen molar-refractivity contribution in [2.75, 3.05) is 0 Å². The summed E-state index contributed by atoms with van der Waals surface area (Å²) in [5, 5.41) is 10.00. The largest absolute Gasteiger partial charge is 1.00 e. The van der Waals surface area contributed by atoms with Gasteiger partial charge < -0.3 is 11.9 Å². The van der Waals surface area contributed by atoms with Gasteiger partial charge in [0.05, 0.1) is 6.04 Å². The van der Waals surface area contributed by atoms with Gasteiger partial charge in [0, 0.05) is 0 Å². The monoisotopic (exact) mass is 326 g/mol. The van der Waals surface area contributed by atoms with Crippen LogP contribution in [0.15, 0.2) is 54.6 Å². The van der Waals surface area contributed by atoms with Gasteiger partial charge in [-0.1, -0.05) is 42.5 Å². The maximum absolute atomic E-state index is 10.9. The number of nitrogens with zero attached hydrogens (tertiary/aromatic N) is 1. The van der Waals surface area contributed by atoms with E-state index in [-0.39, 0.29) is 52.8 Å². The molecule has 3 N–H and O–H groups in total. The molecule has 2 aromatic carbocycles. The van der Waals surface area contributed by atoms with Crippen LogP contribution in [0.1, 0.15) is 25.5 Å². The van der Waals surface area contributed by atoms with Crippen LogP contribution in [-0.4, -0.2) is 16.3 Å². The molecule has 1 unspecified atom stereocenters. The molecule has 0 spiro atoms. The van der Waals surface area contributed by atoms with Crippen molar-refractivity contribution in [3.8, 4) is 5.75 Å². The zero-order chi connectivity index (χ0) is 15.2. The summed E-state index contributed by atoms with van der Waals surface area (Å²) in [4.78, 5) is 10.9. The first-order valence-corrected chi connectivity index (χ1v) is 6.62. The van der Waals surface area contributed by atoms with Crippen molar-refractivity contribution in [3.63, 3.8) is 0 Å². The number of benzene rings is 2. The Hall–Kier alpha value is -0.894. The molecule has 2 aromatic rings. The predicted octanol–water partition coefficient (Wildman–Crippen LogP) is 0.213. The van der Waals surface area contributed by atoms with E-state index in [9.17, 15) is 10.0 Å². The molecule has 2 rings (SSSR count). The molecule has 22 heavy (non-hydrogen) atoms. The number of hydroxylamine groups is 2. The third-order valence-electron chi connectivity index (χ3n) is 3.20. The molecule has 0 saturated heterocycles. The van der Waals surface area contributed by atoms with Gasteiger partial charge >= 0.3 is 57.4 Å². The quantitative estimate of drug-likeness (QED) is 0.469. The van der Waals surface area contributed by atoms with E-state index in [1.54, 1.807) is 31.2 Å². The molecule has 0 heterocycles. The van der Waals surface area contributed by atoms with Crippen LogP contribution >= 0.6 is 0 Å². The summed E-state index contributed by atoms with van der Waals surface area (Å²) in [6.07, 6.45) is 0. The molecular weight excluding hydrogens is 307 g/mol. The van der Waals surface area contributed by atoms with Crippen molar-refractivity contribution in [2.24, 2.45) is 5.73 Å². The van der Waals surface area contributed by atoms with Crippen LogP contribution in [0.3, 0.4) is 0 Å². The average molecular weight is 326 g/mol. The van der Waals surface area contributed by atoms with Crippen LogP contribution < -0.4 is 61.9 Å². The molecule has 0 saturated carbocycles. The summed E-state index contributed by atoms with van der Waals surface area (Å²) >= 11 is 0. The Morgan fingerprint density at radius 2 is 1.82 bits per heavy atom. The van der Waals surface area contributed by atoms with Crippen LogP contribution in [-0.2, 0) is 6.61 Å². The van der Waals surface area contributed by atoms with Crippen LogP contribution in [0.5, 0.6) is 5.75 Å². The summed E-state index contributed by atoms with van der Waals surface area (Å²) in [5.74, 6) is 0.721. The Kier molecular flexibility index (Phi) is 8.09. The third kappa shape index (κ3) is 5.38. The minimum Gasteiger partial charge on any atom is -1.00 e. The van der Waals surface area contributed by atoms with Crippen LogP contribution in [0.25, 0.3) is 0 Å². The average Bonchev–Trinajstić information content (AvgIpc) is 2.53. The standard InChI is InChI=1S/C16H18N2O3.K.H/c1-12(18(20)16(17)19)14-7-9-15(10-8-14)21-11-13-5-3-2-4-6-13;;/h2-10,12,20H,11H2,1H3,(H2,17,19);;/q;+1;-1. The third-order valence-corrected chi connectivity index (χ3v) is 3.20. The van der Waals surface area contributed by atoms with E-state index in [2.05, 4.69) is 0 Å². The second-order valence-electron chi connectivity index (χ2n) is 4.70. The van der Waals surface area contributed by atoms with Crippen LogP contribution in [0, 0.1) is 0 Å². The SMILES string of the molecule is CC(c1ccc(OCc2ccccc2)cc1)N(O)C(N)=O.[H-].[K+]. The number of carbonyl (C=O) groups excluding carboxylic acids is 1. The van der Waals surface area contributed by atoms with Gasteiger partial charge in [0.1, 0.15) is 12.4 Å². The van der Waals surface area contributed by atoms with Gasteiger partial charge in [0.2, 0.25) is 0 Å². The summed E-state index contributed by atoms with van der Waals surface area (Å²) in [6.45, 7) is 2.17. The van der Waals surface area contributed by atoms with E-state index >= 15 is 0 Å². The van der Waals surface area contributed by atoms with E-state index < -0.39 is 12.1 Å². The van der Waals surface area contributed by atoms with Crippen molar-refractivity contribution < 1.29 is 67.5 Å². The second kappa shape index (κ2) is 9.29. The number of urea groups is 1. The second-order valence-corrected chi connectivity index (χ2v) is 4.70. The molecule has 5 nitrogen and oxygen atoms in total. The number of carbonyl (C=O) groups is 1. The fourth-order valence-electron chi connectivity index (χ4n) is 1.92. The number of amides is 2. The Morgan fingerprint density at radius 1 is 1.23 bits per heavy atom. The number of nitrogens with two attached hydrogens (primary N) is 1. The minimum absolute atomic E-state index is 0. The molecule has 0 aliphatic rings. The van der Waals surface area contributed by atoms with Gasteiger partial charge in [0.15, 0.2) is 0 Å². The Morgan fingerprint density at radius 3 is 2.36 bits per heavy atom. The van der Waals surface area contributed by atoms with Crippen molar-refractivity contribution in [3.05, 3.63) is 65.7 Å².